The van der Waals surface area contributed by atoms with Gasteiger partial charge in [-0.25, -0.2) is 4.68 Å². The van der Waals surface area contributed by atoms with Gasteiger partial charge < -0.3 is 15.4 Å². The van der Waals surface area contributed by atoms with E-state index in [0.29, 0.717) is 23.0 Å². The third-order valence-corrected chi connectivity index (χ3v) is 3.73. The molecule has 2 aromatic rings. The van der Waals surface area contributed by atoms with E-state index in [2.05, 4.69) is 15.7 Å². The van der Waals surface area contributed by atoms with Crippen LogP contribution >= 0.6 is 0 Å². The number of hydrogen-bond donors (Lipinski definition) is 2. The fourth-order valence-corrected chi connectivity index (χ4v) is 2.40. The van der Waals surface area contributed by atoms with Crippen LogP contribution in [0.2, 0.25) is 0 Å². The number of ether oxygens (including phenoxy) is 1. The Hall–Kier alpha value is -3.23. The number of benzene rings is 1. The molecule has 2 rings (SSSR count). The Balaban J connectivity index is 1.90. The Bertz CT molecular complexity index is 906. The van der Waals surface area contributed by atoms with Crippen LogP contribution in [0.5, 0.6) is 0 Å². The summed E-state index contributed by atoms with van der Waals surface area (Å²) >= 11 is 0. The first kappa shape index (κ1) is 20.1. The second kappa shape index (κ2) is 9.46. The zero-order valence-corrected chi connectivity index (χ0v) is 15.3. The highest BCUT2D eigenvalue weighted by Gasteiger charge is 2.14. The SMILES string of the molecule is CCCNC(=O)CNC(=O)COC(=O)Cc1nn(C)c(=O)c2ccccc12. The molecule has 0 bridgehead atoms. The summed E-state index contributed by atoms with van der Waals surface area (Å²) in [6, 6.07) is 6.83. The van der Waals surface area contributed by atoms with Gasteiger partial charge in [0.1, 0.15) is 0 Å². The van der Waals surface area contributed by atoms with E-state index in [1.807, 2.05) is 6.92 Å². The monoisotopic (exact) mass is 374 g/mol. The molecule has 0 saturated carbocycles. The number of aryl methyl sites for hydroxylation is 1. The lowest BCUT2D eigenvalue weighted by Gasteiger charge is -2.09. The molecule has 0 spiro atoms. The first-order valence-electron chi connectivity index (χ1n) is 8.56. The maximum atomic E-state index is 12.1. The van der Waals surface area contributed by atoms with Gasteiger partial charge in [0.15, 0.2) is 6.61 Å². The summed E-state index contributed by atoms with van der Waals surface area (Å²) in [5.74, 6) is -1.54. The molecule has 0 unspecified atom stereocenters. The molecule has 0 aliphatic heterocycles. The van der Waals surface area contributed by atoms with Gasteiger partial charge in [-0.2, -0.15) is 5.10 Å². The zero-order valence-electron chi connectivity index (χ0n) is 15.3. The van der Waals surface area contributed by atoms with Crippen molar-refractivity contribution in [3.63, 3.8) is 0 Å². The van der Waals surface area contributed by atoms with Gasteiger partial charge in [0.2, 0.25) is 5.91 Å². The Morgan fingerprint density at radius 3 is 2.52 bits per heavy atom. The minimum atomic E-state index is -0.656. The van der Waals surface area contributed by atoms with Crippen molar-refractivity contribution < 1.29 is 19.1 Å². The number of amides is 2. The number of carbonyl (C=O) groups is 3. The van der Waals surface area contributed by atoms with Crippen molar-refractivity contribution in [2.45, 2.75) is 19.8 Å². The summed E-state index contributed by atoms with van der Waals surface area (Å²) in [7, 11) is 1.50. The minimum Gasteiger partial charge on any atom is -0.455 e. The molecule has 0 fully saturated rings. The van der Waals surface area contributed by atoms with E-state index in [1.54, 1.807) is 24.3 Å². The smallest absolute Gasteiger partial charge is 0.312 e. The number of carbonyl (C=O) groups excluding carboxylic acids is 3. The van der Waals surface area contributed by atoms with Crippen LogP contribution in [0.1, 0.15) is 19.0 Å². The molecule has 1 heterocycles. The fourth-order valence-electron chi connectivity index (χ4n) is 2.40. The summed E-state index contributed by atoms with van der Waals surface area (Å²) in [6.45, 7) is 1.78. The van der Waals surface area contributed by atoms with E-state index in [4.69, 9.17) is 4.74 Å². The number of nitrogens with one attached hydrogen (secondary N) is 2. The van der Waals surface area contributed by atoms with Crippen molar-refractivity contribution in [2.24, 2.45) is 7.05 Å². The number of aromatic nitrogens is 2. The van der Waals surface area contributed by atoms with Gasteiger partial charge in [-0.1, -0.05) is 25.1 Å². The molecule has 1 aromatic heterocycles. The average molecular weight is 374 g/mol. The summed E-state index contributed by atoms with van der Waals surface area (Å²) in [6.07, 6.45) is 0.615. The first-order chi connectivity index (χ1) is 12.9. The van der Waals surface area contributed by atoms with Gasteiger partial charge in [0.25, 0.3) is 11.5 Å². The van der Waals surface area contributed by atoms with Crippen LogP contribution in [0.4, 0.5) is 0 Å². The number of rotatable bonds is 8. The minimum absolute atomic E-state index is 0.177. The Labute approximate surface area is 155 Å². The molecule has 9 heteroatoms. The molecule has 1 aromatic carbocycles. The van der Waals surface area contributed by atoms with Gasteiger partial charge in [-0.3, -0.25) is 19.2 Å². The molecule has 0 atom stereocenters. The van der Waals surface area contributed by atoms with Crippen molar-refractivity contribution in [1.82, 2.24) is 20.4 Å². The number of nitrogens with zero attached hydrogens (tertiary/aromatic N) is 2. The molecule has 0 radical (unpaired) electrons. The second-order valence-electron chi connectivity index (χ2n) is 5.89. The number of esters is 1. The van der Waals surface area contributed by atoms with Gasteiger partial charge in [-0.05, 0) is 12.5 Å². The summed E-state index contributed by atoms with van der Waals surface area (Å²) in [5, 5.41) is 10.1. The molecule has 2 amide bonds. The lowest BCUT2D eigenvalue weighted by Crippen LogP contribution is -2.39. The summed E-state index contributed by atoms with van der Waals surface area (Å²) < 4.78 is 6.09. The van der Waals surface area contributed by atoms with Crippen molar-refractivity contribution >= 4 is 28.6 Å². The summed E-state index contributed by atoms with van der Waals surface area (Å²) in [4.78, 5) is 47.2. The van der Waals surface area contributed by atoms with Gasteiger partial charge in [0, 0.05) is 19.0 Å². The highest BCUT2D eigenvalue weighted by molar-refractivity contribution is 5.88. The standard InChI is InChI=1S/C18H22N4O5/c1-3-8-19-15(23)10-20-16(24)11-27-17(25)9-14-12-6-4-5-7-13(12)18(26)22(2)21-14/h4-7H,3,8-11H2,1-2H3,(H,19,23)(H,20,24). The van der Waals surface area contributed by atoms with E-state index in [-0.39, 0.29) is 24.4 Å². The van der Waals surface area contributed by atoms with Crippen molar-refractivity contribution in [3.05, 3.63) is 40.3 Å². The largest absolute Gasteiger partial charge is 0.455 e. The molecule has 0 saturated heterocycles. The Morgan fingerprint density at radius 1 is 1.11 bits per heavy atom. The van der Waals surface area contributed by atoms with Crippen LogP contribution in [0.15, 0.2) is 29.1 Å². The lowest BCUT2D eigenvalue weighted by atomic mass is 10.1. The van der Waals surface area contributed by atoms with Gasteiger partial charge in [-0.15, -0.1) is 0 Å². The van der Waals surface area contributed by atoms with Crippen LogP contribution in [0, 0.1) is 0 Å². The quantitative estimate of drug-likeness (QED) is 0.610. The Kier molecular flexibility index (Phi) is 7.04. The van der Waals surface area contributed by atoms with Crippen LogP contribution in [-0.2, 0) is 32.6 Å². The van der Waals surface area contributed by atoms with Crippen molar-refractivity contribution in [3.8, 4) is 0 Å². The highest BCUT2D eigenvalue weighted by Crippen LogP contribution is 2.13. The van der Waals surface area contributed by atoms with Crippen LogP contribution in [-0.4, -0.2) is 47.3 Å². The van der Waals surface area contributed by atoms with E-state index in [0.717, 1.165) is 11.1 Å². The topological polar surface area (TPSA) is 119 Å². The second-order valence-corrected chi connectivity index (χ2v) is 5.89. The predicted octanol–water partition coefficient (Wildman–Crippen LogP) is -0.338. The maximum Gasteiger partial charge on any atom is 0.312 e. The normalized spacial score (nSPS) is 10.4. The highest BCUT2D eigenvalue weighted by atomic mass is 16.5. The van der Waals surface area contributed by atoms with E-state index >= 15 is 0 Å². The van der Waals surface area contributed by atoms with Crippen molar-refractivity contribution in [2.75, 3.05) is 19.7 Å². The predicted molar refractivity (Wildman–Crippen MR) is 98.0 cm³/mol. The fraction of sp³-hybridized carbons (Fsp3) is 0.389. The third kappa shape index (κ3) is 5.63. The zero-order chi connectivity index (χ0) is 19.8. The molecule has 2 N–H and O–H groups in total. The van der Waals surface area contributed by atoms with Gasteiger partial charge in [0.05, 0.1) is 24.0 Å². The molecular weight excluding hydrogens is 352 g/mol. The molecule has 9 nitrogen and oxygen atoms in total. The van der Waals surface area contributed by atoms with Crippen LogP contribution in [0.25, 0.3) is 10.8 Å². The molecule has 144 valence electrons. The van der Waals surface area contributed by atoms with Crippen LogP contribution in [0.3, 0.4) is 0 Å². The molecule has 0 aliphatic rings. The summed E-state index contributed by atoms with van der Waals surface area (Å²) in [5.41, 5.74) is 0.125. The third-order valence-electron chi connectivity index (χ3n) is 3.73. The van der Waals surface area contributed by atoms with E-state index in [9.17, 15) is 19.2 Å². The van der Waals surface area contributed by atoms with E-state index < -0.39 is 18.5 Å². The van der Waals surface area contributed by atoms with Crippen LogP contribution < -0.4 is 16.2 Å². The maximum absolute atomic E-state index is 12.1. The molecule has 27 heavy (non-hydrogen) atoms. The number of hydrogen-bond acceptors (Lipinski definition) is 6. The van der Waals surface area contributed by atoms with E-state index in [1.165, 1.54) is 7.05 Å². The molecule has 0 aliphatic carbocycles. The lowest BCUT2D eigenvalue weighted by molar-refractivity contribution is -0.148. The number of fused-ring (bicyclic) bond motifs is 1. The van der Waals surface area contributed by atoms with Gasteiger partial charge >= 0.3 is 5.97 Å². The Morgan fingerprint density at radius 2 is 1.81 bits per heavy atom. The first-order valence-corrected chi connectivity index (χ1v) is 8.56. The van der Waals surface area contributed by atoms with Crippen molar-refractivity contribution in [1.29, 1.82) is 0 Å². The average Bonchev–Trinajstić information content (AvgIpc) is 2.67. The molecular formula is C18H22N4O5.